The maximum Gasteiger partial charge on any atom is 0.139 e. The van der Waals surface area contributed by atoms with Crippen LogP contribution in [0.5, 0.6) is 0 Å². The molecule has 1 aliphatic carbocycles. The molecule has 0 fully saturated rings. The molecule has 0 amide bonds. The van der Waals surface area contributed by atoms with Crippen LogP contribution >= 0.6 is 0 Å². The SMILES string of the molecule is N#Cc1ccc2nc(-c3cccc4c3-c3ccccc3C4)[nH]c2c1. The molecule has 1 heterocycles. The number of hydrogen-bond acceptors (Lipinski definition) is 2. The van der Waals surface area contributed by atoms with Crippen LogP contribution in [0.3, 0.4) is 0 Å². The molecule has 3 aromatic carbocycles. The zero-order chi connectivity index (χ0) is 16.1. The topological polar surface area (TPSA) is 52.5 Å². The first-order valence-corrected chi connectivity index (χ1v) is 7.94. The van der Waals surface area contributed by atoms with Crippen LogP contribution in [0.1, 0.15) is 16.7 Å². The van der Waals surface area contributed by atoms with Crippen molar-refractivity contribution >= 4 is 11.0 Å². The van der Waals surface area contributed by atoms with Crippen molar-refractivity contribution in [3.63, 3.8) is 0 Å². The highest BCUT2D eigenvalue weighted by atomic mass is 14.9. The van der Waals surface area contributed by atoms with Crippen molar-refractivity contribution < 1.29 is 0 Å². The van der Waals surface area contributed by atoms with Crippen molar-refractivity contribution in [2.24, 2.45) is 0 Å². The fraction of sp³-hybridized carbons (Fsp3) is 0.0476. The highest BCUT2D eigenvalue weighted by Crippen LogP contribution is 2.42. The first-order valence-electron chi connectivity index (χ1n) is 7.94. The minimum absolute atomic E-state index is 0.640. The normalized spacial score (nSPS) is 12.0. The second-order valence-corrected chi connectivity index (χ2v) is 6.10. The first kappa shape index (κ1) is 13.1. The van der Waals surface area contributed by atoms with Gasteiger partial charge in [-0.15, -0.1) is 0 Å². The number of nitrogens with one attached hydrogen (secondary N) is 1. The number of imidazole rings is 1. The van der Waals surface area contributed by atoms with E-state index in [1.165, 1.54) is 22.3 Å². The van der Waals surface area contributed by atoms with Crippen LogP contribution in [0.4, 0.5) is 0 Å². The van der Waals surface area contributed by atoms with E-state index < -0.39 is 0 Å². The average Bonchev–Trinajstić information content (AvgIpc) is 3.21. The van der Waals surface area contributed by atoms with Gasteiger partial charge >= 0.3 is 0 Å². The Bertz CT molecular complexity index is 1150. The van der Waals surface area contributed by atoms with E-state index in [-0.39, 0.29) is 0 Å². The monoisotopic (exact) mass is 307 g/mol. The smallest absolute Gasteiger partial charge is 0.139 e. The maximum absolute atomic E-state index is 9.07. The van der Waals surface area contributed by atoms with Gasteiger partial charge in [-0.25, -0.2) is 4.98 Å². The fourth-order valence-corrected chi connectivity index (χ4v) is 3.59. The lowest BCUT2D eigenvalue weighted by Gasteiger charge is -2.07. The minimum Gasteiger partial charge on any atom is -0.338 e. The van der Waals surface area contributed by atoms with Crippen LogP contribution in [0, 0.1) is 11.3 Å². The average molecular weight is 307 g/mol. The summed E-state index contributed by atoms with van der Waals surface area (Å²) in [5, 5.41) is 9.07. The van der Waals surface area contributed by atoms with E-state index >= 15 is 0 Å². The molecule has 5 rings (SSSR count). The second kappa shape index (κ2) is 4.81. The molecule has 0 saturated carbocycles. The summed E-state index contributed by atoms with van der Waals surface area (Å²) in [5.41, 5.74) is 8.80. The molecule has 24 heavy (non-hydrogen) atoms. The van der Waals surface area contributed by atoms with Gasteiger partial charge in [-0.05, 0) is 46.9 Å². The van der Waals surface area contributed by atoms with E-state index in [2.05, 4.69) is 53.5 Å². The summed E-state index contributed by atoms with van der Waals surface area (Å²) in [5.74, 6) is 0.855. The number of aromatic amines is 1. The van der Waals surface area contributed by atoms with Gasteiger partial charge in [0.15, 0.2) is 0 Å². The third-order valence-electron chi connectivity index (χ3n) is 4.68. The van der Waals surface area contributed by atoms with Gasteiger partial charge in [0.2, 0.25) is 0 Å². The van der Waals surface area contributed by atoms with Gasteiger partial charge in [0.1, 0.15) is 5.82 Å². The van der Waals surface area contributed by atoms with Crippen LogP contribution in [0.15, 0.2) is 60.7 Å². The first-order chi connectivity index (χ1) is 11.8. The molecule has 0 unspecified atom stereocenters. The molecule has 112 valence electrons. The lowest BCUT2D eigenvalue weighted by molar-refractivity contribution is 1.26. The molecule has 3 nitrogen and oxygen atoms in total. The Balaban J connectivity index is 1.75. The van der Waals surface area contributed by atoms with Crippen molar-refractivity contribution in [2.75, 3.05) is 0 Å². The summed E-state index contributed by atoms with van der Waals surface area (Å²) < 4.78 is 0. The van der Waals surface area contributed by atoms with Crippen LogP contribution in [0.25, 0.3) is 33.5 Å². The van der Waals surface area contributed by atoms with E-state index in [1.807, 2.05) is 12.1 Å². The number of benzene rings is 3. The second-order valence-electron chi connectivity index (χ2n) is 6.10. The summed E-state index contributed by atoms with van der Waals surface area (Å²) >= 11 is 0. The van der Waals surface area contributed by atoms with E-state index in [0.717, 1.165) is 28.8 Å². The molecule has 4 aromatic rings. The predicted octanol–water partition coefficient (Wildman–Crippen LogP) is 4.67. The zero-order valence-corrected chi connectivity index (χ0v) is 12.9. The standard InChI is InChI=1S/C21H13N3/c22-12-13-8-9-18-19(10-13)24-21(23-18)17-7-3-5-15-11-14-4-1-2-6-16(14)20(15)17/h1-10H,11H2,(H,23,24). The van der Waals surface area contributed by atoms with Crippen LogP contribution in [0.2, 0.25) is 0 Å². The van der Waals surface area contributed by atoms with Gasteiger partial charge in [-0.3, -0.25) is 0 Å². The van der Waals surface area contributed by atoms with Gasteiger partial charge in [-0.2, -0.15) is 5.26 Å². The summed E-state index contributed by atoms with van der Waals surface area (Å²) in [6, 6.07) is 22.7. The lowest BCUT2D eigenvalue weighted by atomic mass is 9.99. The van der Waals surface area contributed by atoms with Gasteiger partial charge in [-0.1, -0.05) is 42.5 Å². The van der Waals surface area contributed by atoms with Crippen molar-refractivity contribution in [3.05, 3.63) is 77.4 Å². The third-order valence-corrected chi connectivity index (χ3v) is 4.68. The minimum atomic E-state index is 0.640. The molecule has 0 atom stereocenters. The van der Waals surface area contributed by atoms with Gasteiger partial charge in [0.05, 0.1) is 22.7 Å². The Kier molecular flexibility index (Phi) is 2.62. The van der Waals surface area contributed by atoms with Gasteiger partial charge in [0, 0.05) is 5.56 Å². The number of fused-ring (bicyclic) bond motifs is 4. The molecule has 1 N–H and O–H groups in total. The summed E-state index contributed by atoms with van der Waals surface area (Å²) in [4.78, 5) is 8.13. The Morgan fingerprint density at radius 2 is 1.75 bits per heavy atom. The molecule has 0 aliphatic heterocycles. The molecule has 0 radical (unpaired) electrons. The molecular formula is C21H13N3. The number of nitrogens with zero attached hydrogens (tertiary/aromatic N) is 2. The van der Waals surface area contributed by atoms with Crippen LogP contribution < -0.4 is 0 Å². The molecule has 0 bridgehead atoms. The highest BCUT2D eigenvalue weighted by molar-refractivity contribution is 5.91. The Labute approximate surface area is 139 Å². The maximum atomic E-state index is 9.07. The number of aromatic nitrogens is 2. The summed E-state index contributed by atoms with van der Waals surface area (Å²) in [6.45, 7) is 0. The Hall–Kier alpha value is -3.38. The van der Waals surface area contributed by atoms with E-state index in [9.17, 15) is 0 Å². The van der Waals surface area contributed by atoms with Crippen LogP contribution in [-0.2, 0) is 6.42 Å². The van der Waals surface area contributed by atoms with Gasteiger partial charge < -0.3 is 4.98 Å². The number of rotatable bonds is 1. The summed E-state index contributed by atoms with van der Waals surface area (Å²) in [7, 11) is 0. The molecule has 0 spiro atoms. The Morgan fingerprint density at radius 1 is 0.917 bits per heavy atom. The number of nitriles is 1. The molecule has 1 aromatic heterocycles. The van der Waals surface area contributed by atoms with E-state index in [0.29, 0.717) is 5.56 Å². The highest BCUT2D eigenvalue weighted by Gasteiger charge is 2.22. The van der Waals surface area contributed by atoms with Crippen molar-refractivity contribution in [1.29, 1.82) is 5.26 Å². The molecular weight excluding hydrogens is 294 g/mol. The largest absolute Gasteiger partial charge is 0.338 e. The lowest BCUT2D eigenvalue weighted by Crippen LogP contribution is -1.87. The summed E-state index contributed by atoms with van der Waals surface area (Å²) in [6.07, 6.45) is 0.970. The molecule has 1 aliphatic rings. The van der Waals surface area contributed by atoms with E-state index in [1.54, 1.807) is 6.07 Å². The predicted molar refractivity (Wildman–Crippen MR) is 94.5 cm³/mol. The molecule has 0 saturated heterocycles. The van der Waals surface area contributed by atoms with Gasteiger partial charge in [0.25, 0.3) is 0 Å². The molecule has 3 heteroatoms. The van der Waals surface area contributed by atoms with Crippen molar-refractivity contribution in [1.82, 2.24) is 9.97 Å². The zero-order valence-electron chi connectivity index (χ0n) is 12.9. The van der Waals surface area contributed by atoms with E-state index in [4.69, 9.17) is 10.2 Å². The van der Waals surface area contributed by atoms with Crippen molar-refractivity contribution in [3.8, 4) is 28.6 Å². The number of H-pyrrole nitrogens is 1. The quantitative estimate of drug-likeness (QED) is 0.489. The van der Waals surface area contributed by atoms with Crippen molar-refractivity contribution in [2.45, 2.75) is 6.42 Å². The Morgan fingerprint density at radius 3 is 2.67 bits per heavy atom. The van der Waals surface area contributed by atoms with Crippen LogP contribution in [-0.4, -0.2) is 9.97 Å². The number of hydrogen-bond donors (Lipinski definition) is 1. The third kappa shape index (κ3) is 1.80. The fourth-order valence-electron chi connectivity index (χ4n) is 3.59.